The summed E-state index contributed by atoms with van der Waals surface area (Å²) >= 11 is 0. The number of phosphoric acid groups is 1. The first kappa shape index (κ1) is 42.2. The van der Waals surface area contributed by atoms with E-state index in [0.717, 1.165) is 38.5 Å². The number of hydrogen-bond acceptors (Lipinski definition) is 6. The first-order valence-corrected chi connectivity index (χ1v) is 19.0. The smallest absolute Gasteiger partial charge is 0.268 e. The molecule has 3 unspecified atom stereocenters. The summed E-state index contributed by atoms with van der Waals surface area (Å²) in [6.45, 7) is 4.58. The van der Waals surface area contributed by atoms with Gasteiger partial charge in [-0.3, -0.25) is 9.36 Å². The monoisotopic (exact) mass is 632 g/mol. The van der Waals surface area contributed by atoms with Crippen LogP contribution in [0.1, 0.15) is 149 Å². The van der Waals surface area contributed by atoms with Gasteiger partial charge >= 0.3 is 0 Å². The van der Waals surface area contributed by atoms with E-state index in [4.69, 9.17) is 9.05 Å². The highest BCUT2D eigenvalue weighted by Gasteiger charge is 2.23. The Balaban J connectivity index is 4.60. The highest BCUT2D eigenvalue weighted by Crippen LogP contribution is 2.38. The number of aliphatic hydroxyl groups excluding tert-OH is 1. The predicted molar refractivity (Wildman–Crippen MR) is 178 cm³/mol. The Morgan fingerprint density at radius 3 is 1.74 bits per heavy atom. The molecule has 43 heavy (non-hydrogen) atoms. The van der Waals surface area contributed by atoms with E-state index in [1.807, 2.05) is 27.2 Å². The molecule has 8 nitrogen and oxygen atoms in total. The number of carbonyl (C=O) groups is 1. The first-order chi connectivity index (χ1) is 20.5. The molecule has 0 rings (SSSR count). The third-order valence-corrected chi connectivity index (χ3v) is 8.71. The number of hydrogen-bond donors (Lipinski definition) is 2. The summed E-state index contributed by atoms with van der Waals surface area (Å²) in [6, 6.07) is -0.876. The number of nitrogens with one attached hydrogen (secondary N) is 1. The highest BCUT2D eigenvalue weighted by molar-refractivity contribution is 7.45. The summed E-state index contributed by atoms with van der Waals surface area (Å²) in [6.07, 6.45) is 26.8. The minimum absolute atomic E-state index is 0.00121. The van der Waals surface area contributed by atoms with Gasteiger partial charge in [0, 0.05) is 6.42 Å². The molecule has 3 atom stereocenters. The summed E-state index contributed by atoms with van der Waals surface area (Å²) in [5.74, 6) is -0.203. The van der Waals surface area contributed by atoms with Gasteiger partial charge in [-0.15, -0.1) is 0 Å². The molecule has 0 aromatic carbocycles. The fourth-order valence-electron chi connectivity index (χ4n) is 4.86. The van der Waals surface area contributed by atoms with Crippen LogP contribution < -0.4 is 10.2 Å². The molecule has 1 amide bonds. The van der Waals surface area contributed by atoms with Crippen molar-refractivity contribution in [3.8, 4) is 0 Å². The van der Waals surface area contributed by atoms with Crippen LogP contribution in [0.5, 0.6) is 0 Å². The molecular formula is C34H69N2O6P. The van der Waals surface area contributed by atoms with Gasteiger partial charge in [0.25, 0.3) is 7.82 Å². The van der Waals surface area contributed by atoms with Crippen LogP contribution in [-0.4, -0.2) is 68.5 Å². The maximum atomic E-state index is 12.7. The molecule has 0 aromatic rings. The number of quaternary nitrogens is 1. The Morgan fingerprint density at radius 1 is 0.791 bits per heavy atom. The number of phosphoric ester groups is 1. The maximum absolute atomic E-state index is 12.7. The molecule has 0 fully saturated rings. The lowest BCUT2D eigenvalue weighted by molar-refractivity contribution is -0.870. The Bertz CT molecular complexity index is 728. The number of amides is 1. The second-order valence-corrected chi connectivity index (χ2v) is 14.6. The number of unbranched alkanes of at least 4 members (excludes halogenated alkanes) is 18. The van der Waals surface area contributed by atoms with Crippen LogP contribution in [0, 0.1) is 0 Å². The van der Waals surface area contributed by atoms with Crippen LogP contribution in [0.2, 0.25) is 0 Å². The molecule has 0 bridgehead atoms. The molecule has 0 heterocycles. The molecular weight excluding hydrogens is 563 g/mol. The highest BCUT2D eigenvalue weighted by atomic mass is 31.2. The van der Waals surface area contributed by atoms with E-state index >= 15 is 0 Å². The summed E-state index contributed by atoms with van der Waals surface area (Å²) < 4.78 is 23.0. The van der Waals surface area contributed by atoms with Crippen molar-refractivity contribution in [2.75, 3.05) is 40.9 Å². The van der Waals surface area contributed by atoms with Crippen LogP contribution in [0.4, 0.5) is 0 Å². The molecule has 0 aliphatic rings. The van der Waals surface area contributed by atoms with E-state index in [1.165, 1.54) is 89.9 Å². The van der Waals surface area contributed by atoms with Crippen molar-refractivity contribution >= 4 is 13.7 Å². The molecule has 0 aliphatic heterocycles. The van der Waals surface area contributed by atoms with Crippen LogP contribution in [0.15, 0.2) is 12.2 Å². The van der Waals surface area contributed by atoms with Gasteiger partial charge in [-0.1, -0.05) is 135 Å². The Morgan fingerprint density at radius 2 is 1.26 bits per heavy atom. The average molecular weight is 633 g/mol. The van der Waals surface area contributed by atoms with Gasteiger partial charge in [0.1, 0.15) is 13.2 Å². The van der Waals surface area contributed by atoms with Crippen molar-refractivity contribution in [2.45, 2.75) is 161 Å². The normalized spacial score (nSPS) is 15.0. The first-order valence-electron chi connectivity index (χ1n) is 17.6. The van der Waals surface area contributed by atoms with Gasteiger partial charge in [0.15, 0.2) is 0 Å². The molecule has 9 heteroatoms. The van der Waals surface area contributed by atoms with Crippen LogP contribution in [0.25, 0.3) is 0 Å². The van der Waals surface area contributed by atoms with Crippen molar-refractivity contribution in [2.24, 2.45) is 0 Å². The SMILES string of the molecule is CCCCCCCCCCCC/C=C/C(O)C(COP(=O)([O-])OCC[N+](C)(C)C)NC(=O)CCCCCCCCCCC. The summed E-state index contributed by atoms with van der Waals surface area (Å²) in [5, 5.41) is 13.6. The van der Waals surface area contributed by atoms with Gasteiger partial charge < -0.3 is 28.8 Å². The lowest BCUT2D eigenvalue weighted by Crippen LogP contribution is -2.45. The van der Waals surface area contributed by atoms with Crippen LogP contribution in [0.3, 0.4) is 0 Å². The standard InChI is InChI=1S/C34H69N2O6P/c1-6-8-10-12-14-16-17-18-20-21-23-25-27-33(37)32(31-42-43(39,40)41-30-29-36(3,4)5)35-34(38)28-26-24-22-19-15-13-11-9-7-2/h25,27,32-33,37H,6-24,26,28-31H2,1-5H3,(H-,35,38,39,40)/b27-25+. The van der Waals surface area contributed by atoms with Gasteiger partial charge in [0.05, 0.1) is 39.9 Å². The van der Waals surface area contributed by atoms with E-state index in [9.17, 15) is 19.4 Å². The number of carbonyl (C=O) groups excluding carboxylic acids is 1. The molecule has 0 saturated carbocycles. The van der Waals surface area contributed by atoms with Gasteiger partial charge in [-0.05, 0) is 19.3 Å². The molecule has 0 radical (unpaired) electrons. The number of aliphatic hydroxyl groups is 1. The topological polar surface area (TPSA) is 108 Å². The van der Waals surface area contributed by atoms with Gasteiger partial charge in [-0.2, -0.15) is 0 Å². The van der Waals surface area contributed by atoms with Crippen molar-refractivity contribution in [1.82, 2.24) is 5.32 Å². The number of nitrogens with zero attached hydrogens (tertiary/aromatic N) is 1. The largest absolute Gasteiger partial charge is 0.756 e. The van der Waals surface area contributed by atoms with E-state index in [2.05, 4.69) is 19.2 Å². The molecule has 0 saturated heterocycles. The van der Waals surface area contributed by atoms with Crippen molar-refractivity contribution in [1.29, 1.82) is 0 Å². The number of likely N-dealkylation sites (N-methyl/N-ethyl adjacent to an activating group) is 1. The molecule has 2 N–H and O–H groups in total. The zero-order chi connectivity index (χ0) is 32.2. The number of rotatable bonds is 31. The zero-order valence-electron chi connectivity index (χ0n) is 28.7. The second-order valence-electron chi connectivity index (χ2n) is 13.2. The fourth-order valence-corrected chi connectivity index (χ4v) is 5.58. The third-order valence-electron chi connectivity index (χ3n) is 7.75. The molecule has 0 aliphatic carbocycles. The quantitative estimate of drug-likeness (QED) is 0.0349. The van der Waals surface area contributed by atoms with E-state index < -0.39 is 20.0 Å². The third kappa shape index (κ3) is 29.7. The lowest BCUT2D eigenvalue weighted by Gasteiger charge is -2.29. The van der Waals surface area contributed by atoms with Crippen molar-refractivity contribution in [3.05, 3.63) is 12.2 Å². The Labute approximate surface area is 265 Å². The molecule has 256 valence electrons. The van der Waals surface area contributed by atoms with E-state index in [-0.39, 0.29) is 19.1 Å². The zero-order valence-corrected chi connectivity index (χ0v) is 29.6. The van der Waals surface area contributed by atoms with Gasteiger partial charge in [0.2, 0.25) is 5.91 Å². The Kier molecular flexibility index (Phi) is 27.1. The maximum Gasteiger partial charge on any atom is 0.268 e. The minimum Gasteiger partial charge on any atom is -0.756 e. The van der Waals surface area contributed by atoms with Crippen LogP contribution in [-0.2, 0) is 18.4 Å². The molecule has 0 spiro atoms. The summed E-state index contributed by atoms with van der Waals surface area (Å²) in [5.41, 5.74) is 0. The van der Waals surface area contributed by atoms with Gasteiger partial charge in [-0.25, -0.2) is 0 Å². The lowest BCUT2D eigenvalue weighted by atomic mass is 10.1. The van der Waals surface area contributed by atoms with E-state index in [0.29, 0.717) is 17.4 Å². The summed E-state index contributed by atoms with van der Waals surface area (Å²) in [7, 11) is 1.26. The minimum atomic E-state index is -4.56. The summed E-state index contributed by atoms with van der Waals surface area (Å²) in [4.78, 5) is 25.0. The predicted octanol–water partition coefficient (Wildman–Crippen LogP) is 7.83. The van der Waals surface area contributed by atoms with Crippen molar-refractivity contribution < 1.29 is 32.9 Å². The molecule has 0 aromatic heterocycles. The second kappa shape index (κ2) is 27.5. The van der Waals surface area contributed by atoms with Crippen molar-refractivity contribution in [3.63, 3.8) is 0 Å². The average Bonchev–Trinajstić information content (AvgIpc) is 2.94. The fraction of sp³-hybridized carbons (Fsp3) is 0.912. The van der Waals surface area contributed by atoms with Crippen LogP contribution >= 0.6 is 7.82 Å². The number of allylic oxidation sites excluding steroid dienone is 1. The van der Waals surface area contributed by atoms with E-state index in [1.54, 1.807) is 6.08 Å². The Hall–Kier alpha value is -0.760.